The summed E-state index contributed by atoms with van der Waals surface area (Å²) in [6.45, 7) is 3.60. The van der Waals surface area contributed by atoms with Crippen molar-refractivity contribution in [3.05, 3.63) is 47.2 Å². The lowest BCUT2D eigenvalue weighted by Gasteiger charge is -2.18. The standard InChI is InChI=1S/C16H16ClN5O/c1-11-18-19-15-5-6-16(20-22(11)15)21-8-7-14(10-21)23-13-4-2-3-12(17)9-13/h2-6,9,14H,7-8,10H2,1H3. The molecule has 118 valence electrons. The van der Waals surface area contributed by atoms with Crippen LogP contribution in [0.5, 0.6) is 5.75 Å². The van der Waals surface area contributed by atoms with E-state index in [0.29, 0.717) is 5.02 Å². The third-order valence-electron chi connectivity index (χ3n) is 3.97. The van der Waals surface area contributed by atoms with Gasteiger partial charge in [-0.15, -0.1) is 15.3 Å². The topological polar surface area (TPSA) is 55.5 Å². The maximum absolute atomic E-state index is 6.02. The Morgan fingerprint density at radius 1 is 1.22 bits per heavy atom. The summed E-state index contributed by atoms with van der Waals surface area (Å²) in [5.74, 6) is 2.51. The van der Waals surface area contributed by atoms with Crippen molar-refractivity contribution in [2.75, 3.05) is 18.0 Å². The molecule has 0 saturated carbocycles. The van der Waals surface area contributed by atoms with Gasteiger partial charge in [0.15, 0.2) is 11.5 Å². The summed E-state index contributed by atoms with van der Waals surface area (Å²) >= 11 is 6.00. The monoisotopic (exact) mass is 329 g/mol. The molecule has 0 aliphatic carbocycles. The van der Waals surface area contributed by atoms with Crippen LogP contribution < -0.4 is 9.64 Å². The van der Waals surface area contributed by atoms with E-state index in [0.717, 1.165) is 42.5 Å². The molecular formula is C16H16ClN5O. The van der Waals surface area contributed by atoms with E-state index in [1.54, 1.807) is 4.52 Å². The van der Waals surface area contributed by atoms with Crippen LogP contribution in [0.1, 0.15) is 12.2 Å². The number of hydrogen-bond acceptors (Lipinski definition) is 5. The third-order valence-corrected chi connectivity index (χ3v) is 4.21. The van der Waals surface area contributed by atoms with Crippen LogP contribution in [0.3, 0.4) is 0 Å². The highest BCUT2D eigenvalue weighted by atomic mass is 35.5. The number of aromatic nitrogens is 4. The first-order valence-electron chi connectivity index (χ1n) is 7.55. The fraction of sp³-hybridized carbons (Fsp3) is 0.312. The molecule has 0 amide bonds. The normalized spacial score (nSPS) is 17.8. The van der Waals surface area contributed by atoms with Gasteiger partial charge in [-0.1, -0.05) is 17.7 Å². The van der Waals surface area contributed by atoms with E-state index in [2.05, 4.69) is 20.2 Å². The second kappa shape index (κ2) is 5.70. The zero-order valence-electron chi connectivity index (χ0n) is 12.7. The maximum atomic E-state index is 6.02. The van der Waals surface area contributed by atoms with Gasteiger partial charge in [0.2, 0.25) is 0 Å². The summed E-state index contributed by atoms with van der Waals surface area (Å²) in [5.41, 5.74) is 0.761. The van der Waals surface area contributed by atoms with E-state index >= 15 is 0 Å². The molecule has 1 saturated heterocycles. The summed E-state index contributed by atoms with van der Waals surface area (Å²) < 4.78 is 7.78. The van der Waals surface area contributed by atoms with Gasteiger partial charge in [0.05, 0.1) is 6.54 Å². The molecule has 3 aromatic rings. The summed E-state index contributed by atoms with van der Waals surface area (Å²) in [6.07, 6.45) is 1.08. The minimum atomic E-state index is 0.132. The number of fused-ring (bicyclic) bond motifs is 1. The van der Waals surface area contributed by atoms with E-state index in [4.69, 9.17) is 16.3 Å². The summed E-state index contributed by atoms with van der Waals surface area (Å²) in [6, 6.07) is 11.4. The van der Waals surface area contributed by atoms with Crippen molar-refractivity contribution < 1.29 is 4.74 Å². The Hall–Kier alpha value is -2.34. The smallest absolute Gasteiger partial charge is 0.178 e. The van der Waals surface area contributed by atoms with Crippen LogP contribution in [0.2, 0.25) is 5.02 Å². The molecule has 4 rings (SSSR count). The van der Waals surface area contributed by atoms with Crippen molar-refractivity contribution >= 4 is 23.1 Å². The van der Waals surface area contributed by atoms with Crippen LogP contribution in [-0.2, 0) is 0 Å². The van der Waals surface area contributed by atoms with Crippen LogP contribution in [0.15, 0.2) is 36.4 Å². The lowest BCUT2D eigenvalue weighted by Crippen LogP contribution is -2.25. The number of ether oxygens (including phenoxy) is 1. The average molecular weight is 330 g/mol. The van der Waals surface area contributed by atoms with Crippen LogP contribution in [0.4, 0.5) is 5.82 Å². The molecule has 1 atom stereocenters. The fourth-order valence-corrected chi connectivity index (χ4v) is 3.00. The second-order valence-electron chi connectivity index (χ2n) is 5.64. The van der Waals surface area contributed by atoms with E-state index in [1.807, 2.05) is 43.3 Å². The molecule has 0 radical (unpaired) electrons. The number of halogens is 1. The Kier molecular flexibility index (Phi) is 3.53. The van der Waals surface area contributed by atoms with E-state index in [-0.39, 0.29) is 6.10 Å². The number of aryl methyl sites for hydroxylation is 1. The fourth-order valence-electron chi connectivity index (χ4n) is 2.82. The number of benzene rings is 1. The van der Waals surface area contributed by atoms with Gasteiger partial charge in [-0.25, -0.2) is 0 Å². The largest absolute Gasteiger partial charge is 0.488 e. The van der Waals surface area contributed by atoms with Crippen molar-refractivity contribution in [2.45, 2.75) is 19.4 Å². The first-order chi connectivity index (χ1) is 11.2. The van der Waals surface area contributed by atoms with Crippen LogP contribution >= 0.6 is 11.6 Å². The zero-order chi connectivity index (χ0) is 15.8. The maximum Gasteiger partial charge on any atom is 0.178 e. The summed E-state index contributed by atoms with van der Waals surface area (Å²) in [4.78, 5) is 2.22. The number of hydrogen-bond donors (Lipinski definition) is 0. The van der Waals surface area contributed by atoms with Gasteiger partial charge in [-0.05, 0) is 37.3 Å². The Labute approximate surface area is 138 Å². The lowest BCUT2D eigenvalue weighted by molar-refractivity contribution is 0.225. The van der Waals surface area contributed by atoms with Crippen molar-refractivity contribution in [3.63, 3.8) is 0 Å². The predicted molar refractivity (Wildman–Crippen MR) is 88.2 cm³/mol. The summed E-state index contributed by atoms with van der Waals surface area (Å²) in [5, 5.41) is 13.4. The molecule has 0 N–H and O–H groups in total. The molecule has 1 unspecified atom stereocenters. The SMILES string of the molecule is Cc1nnc2ccc(N3CCC(Oc4cccc(Cl)c4)C3)nn12. The summed E-state index contributed by atoms with van der Waals surface area (Å²) in [7, 11) is 0. The highest BCUT2D eigenvalue weighted by Gasteiger charge is 2.25. The van der Waals surface area contributed by atoms with Crippen molar-refractivity contribution in [1.29, 1.82) is 0 Å². The van der Waals surface area contributed by atoms with Crippen LogP contribution in [0, 0.1) is 6.92 Å². The molecule has 23 heavy (non-hydrogen) atoms. The van der Waals surface area contributed by atoms with E-state index < -0.39 is 0 Å². The Bertz CT molecular complexity index is 849. The Morgan fingerprint density at radius 3 is 3.00 bits per heavy atom. The van der Waals surface area contributed by atoms with E-state index in [1.165, 1.54) is 0 Å². The molecule has 1 aliphatic rings. The molecule has 6 nitrogen and oxygen atoms in total. The Balaban J connectivity index is 1.49. The molecule has 1 fully saturated rings. The molecule has 3 heterocycles. The number of rotatable bonds is 3. The minimum Gasteiger partial charge on any atom is -0.488 e. The molecule has 2 aromatic heterocycles. The van der Waals surface area contributed by atoms with Crippen LogP contribution in [0.25, 0.3) is 5.65 Å². The van der Waals surface area contributed by atoms with Gasteiger partial charge in [-0.3, -0.25) is 0 Å². The molecule has 1 aliphatic heterocycles. The minimum absolute atomic E-state index is 0.132. The van der Waals surface area contributed by atoms with Crippen molar-refractivity contribution in [1.82, 2.24) is 19.8 Å². The predicted octanol–water partition coefficient (Wildman–Crippen LogP) is 2.74. The molecule has 1 aromatic carbocycles. The van der Waals surface area contributed by atoms with Gasteiger partial charge in [0.25, 0.3) is 0 Å². The highest BCUT2D eigenvalue weighted by molar-refractivity contribution is 6.30. The average Bonchev–Trinajstić information content (AvgIpc) is 3.15. The number of nitrogens with zero attached hydrogens (tertiary/aromatic N) is 5. The zero-order valence-corrected chi connectivity index (χ0v) is 13.4. The Morgan fingerprint density at radius 2 is 2.13 bits per heavy atom. The van der Waals surface area contributed by atoms with Crippen LogP contribution in [-0.4, -0.2) is 39.0 Å². The quantitative estimate of drug-likeness (QED) is 0.739. The number of anilines is 1. The first kappa shape index (κ1) is 14.3. The van der Waals surface area contributed by atoms with E-state index in [9.17, 15) is 0 Å². The second-order valence-corrected chi connectivity index (χ2v) is 6.08. The molecular weight excluding hydrogens is 314 g/mol. The van der Waals surface area contributed by atoms with Gasteiger partial charge in [0.1, 0.15) is 17.7 Å². The lowest BCUT2D eigenvalue weighted by atomic mass is 10.3. The van der Waals surface area contributed by atoms with Gasteiger partial charge in [-0.2, -0.15) is 4.52 Å². The molecule has 0 bridgehead atoms. The van der Waals surface area contributed by atoms with Gasteiger partial charge < -0.3 is 9.64 Å². The van der Waals surface area contributed by atoms with Gasteiger partial charge >= 0.3 is 0 Å². The highest BCUT2D eigenvalue weighted by Crippen LogP contribution is 2.24. The molecule has 0 spiro atoms. The third kappa shape index (κ3) is 2.82. The first-order valence-corrected chi connectivity index (χ1v) is 7.93. The van der Waals surface area contributed by atoms with Crippen molar-refractivity contribution in [2.24, 2.45) is 0 Å². The van der Waals surface area contributed by atoms with Gasteiger partial charge in [0, 0.05) is 18.0 Å². The van der Waals surface area contributed by atoms with Crippen molar-refractivity contribution in [3.8, 4) is 5.75 Å². The molecule has 7 heteroatoms.